The Labute approximate surface area is 83.5 Å². The van der Waals surface area contributed by atoms with Gasteiger partial charge in [0.1, 0.15) is 0 Å². The zero-order valence-corrected chi connectivity index (χ0v) is 8.45. The summed E-state index contributed by atoms with van der Waals surface area (Å²) in [6, 6.07) is 3.14. The van der Waals surface area contributed by atoms with E-state index in [0.29, 0.717) is 6.42 Å². The lowest BCUT2D eigenvalue weighted by atomic mass is 10.2. The molecule has 0 aromatic carbocycles. The highest BCUT2D eigenvalue weighted by Gasteiger charge is 2.11. The Hall–Kier alpha value is -1.42. The van der Waals surface area contributed by atoms with Crippen molar-refractivity contribution < 1.29 is 4.79 Å². The molecule has 0 radical (unpaired) electrons. The molecule has 4 nitrogen and oxygen atoms in total. The highest BCUT2D eigenvalue weighted by atomic mass is 16.2. The molecule has 0 fully saturated rings. The van der Waals surface area contributed by atoms with Crippen molar-refractivity contribution in [2.45, 2.75) is 26.3 Å². The number of aryl methyl sites for hydroxylation is 1. The smallest absolute Gasteiger partial charge is 0.241 e. The summed E-state index contributed by atoms with van der Waals surface area (Å²) in [5.41, 5.74) is 7.10. The summed E-state index contributed by atoms with van der Waals surface area (Å²) in [5.74, 6) is -0.163. The molecule has 0 aliphatic rings. The van der Waals surface area contributed by atoms with Crippen LogP contribution in [0.4, 0.5) is 5.69 Å². The van der Waals surface area contributed by atoms with Crippen molar-refractivity contribution >= 4 is 11.6 Å². The molecule has 0 aliphatic heterocycles. The zero-order chi connectivity index (χ0) is 10.6. The molecule has 1 aromatic heterocycles. The number of pyridine rings is 1. The third-order valence-corrected chi connectivity index (χ3v) is 2.04. The maximum Gasteiger partial charge on any atom is 0.241 e. The summed E-state index contributed by atoms with van der Waals surface area (Å²) >= 11 is 0. The molecule has 0 bridgehead atoms. The lowest BCUT2D eigenvalue weighted by Gasteiger charge is -2.10. The zero-order valence-electron chi connectivity index (χ0n) is 8.45. The van der Waals surface area contributed by atoms with E-state index in [2.05, 4.69) is 10.3 Å². The average molecular weight is 193 g/mol. The first-order chi connectivity index (χ1) is 6.65. The fraction of sp³-hybridized carbons (Fsp3) is 0.400. The molecule has 1 amide bonds. The molecule has 1 heterocycles. The second kappa shape index (κ2) is 4.72. The maximum atomic E-state index is 11.4. The van der Waals surface area contributed by atoms with Crippen LogP contribution in [0.2, 0.25) is 0 Å². The van der Waals surface area contributed by atoms with E-state index in [4.69, 9.17) is 5.73 Å². The summed E-state index contributed by atoms with van der Waals surface area (Å²) in [5, 5.41) is 2.73. The lowest BCUT2D eigenvalue weighted by Crippen LogP contribution is -2.35. The molecule has 14 heavy (non-hydrogen) atoms. The van der Waals surface area contributed by atoms with E-state index in [1.165, 1.54) is 0 Å². The number of rotatable bonds is 3. The number of nitrogens with two attached hydrogens (primary N) is 1. The first kappa shape index (κ1) is 10.7. The van der Waals surface area contributed by atoms with Crippen molar-refractivity contribution in [1.82, 2.24) is 4.98 Å². The standard InChI is InChI=1S/C10H15N3O/c1-3-8(11)10(14)13-9-5-4-6-12-7(9)2/h4-6,8H,3,11H2,1-2H3,(H,13,14)/t8-/m1/s1. The van der Waals surface area contributed by atoms with Gasteiger partial charge in [0.25, 0.3) is 0 Å². The second-order valence-electron chi connectivity index (χ2n) is 3.14. The number of hydrogen-bond acceptors (Lipinski definition) is 3. The molecule has 4 heteroatoms. The van der Waals surface area contributed by atoms with Gasteiger partial charge < -0.3 is 11.1 Å². The van der Waals surface area contributed by atoms with Crippen LogP contribution < -0.4 is 11.1 Å². The molecule has 3 N–H and O–H groups in total. The van der Waals surface area contributed by atoms with Gasteiger partial charge in [-0.25, -0.2) is 0 Å². The molecule has 0 saturated carbocycles. The highest BCUT2D eigenvalue weighted by molar-refractivity contribution is 5.94. The largest absolute Gasteiger partial charge is 0.323 e. The summed E-state index contributed by atoms with van der Waals surface area (Å²) in [4.78, 5) is 15.5. The molecular formula is C10H15N3O. The van der Waals surface area contributed by atoms with E-state index < -0.39 is 6.04 Å². The van der Waals surface area contributed by atoms with Gasteiger partial charge in [0.05, 0.1) is 17.4 Å². The SMILES string of the molecule is CC[C@@H](N)C(=O)Nc1cccnc1C. The van der Waals surface area contributed by atoms with Crippen LogP contribution in [-0.2, 0) is 4.79 Å². The van der Waals surface area contributed by atoms with Gasteiger partial charge in [0.15, 0.2) is 0 Å². The Kier molecular flexibility index (Phi) is 3.59. The minimum absolute atomic E-state index is 0.163. The van der Waals surface area contributed by atoms with Crippen molar-refractivity contribution in [3.8, 4) is 0 Å². The predicted molar refractivity (Wildman–Crippen MR) is 55.9 cm³/mol. The van der Waals surface area contributed by atoms with Crippen LogP contribution in [0.3, 0.4) is 0 Å². The third-order valence-electron chi connectivity index (χ3n) is 2.04. The van der Waals surface area contributed by atoms with E-state index in [0.717, 1.165) is 11.4 Å². The molecule has 1 rings (SSSR count). The Bertz CT molecular complexity index is 325. The summed E-state index contributed by atoms with van der Waals surface area (Å²) in [7, 11) is 0. The summed E-state index contributed by atoms with van der Waals surface area (Å²) < 4.78 is 0. The molecule has 1 atom stereocenters. The Morgan fingerprint density at radius 2 is 2.43 bits per heavy atom. The van der Waals surface area contributed by atoms with E-state index in [1.807, 2.05) is 19.9 Å². The minimum atomic E-state index is -0.449. The number of carbonyl (C=O) groups excluding carboxylic acids is 1. The Balaban J connectivity index is 2.70. The van der Waals surface area contributed by atoms with Crippen LogP contribution in [-0.4, -0.2) is 16.9 Å². The predicted octanol–water partition coefficient (Wildman–Crippen LogP) is 1.07. The second-order valence-corrected chi connectivity index (χ2v) is 3.14. The number of nitrogens with one attached hydrogen (secondary N) is 1. The van der Waals surface area contributed by atoms with E-state index in [1.54, 1.807) is 12.3 Å². The van der Waals surface area contributed by atoms with Gasteiger partial charge in [0, 0.05) is 6.20 Å². The Morgan fingerprint density at radius 1 is 1.71 bits per heavy atom. The Morgan fingerprint density at radius 3 is 3.00 bits per heavy atom. The number of nitrogens with zero attached hydrogens (tertiary/aromatic N) is 1. The number of carbonyl (C=O) groups is 1. The number of amides is 1. The first-order valence-corrected chi connectivity index (χ1v) is 4.63. The third kappa shape index (κ3) is 2.53. The van der Waals surface area contributed by atoms with Gasteiger partial charge in [-0.3, -0.25) is 9.78 Å². The molecule has 1 aromatic rings. The van der Waals surface area contributed by atoms with Crippen LogP contribution in [0.1, 0.15) is 19.0 Å². The monoisotopic (exact) mass is 193 g/mol. The molecule has 76 valence electrons. The maximum absolute atomic E-state index is 11.4. The van der Waals surface area contributed by atoms with E-state index in [-0.39, 0.29) is 5.91 Å². The number of anilines is 1. The fourth-order valence-corrected chi connectivity index (χ4v) is 1.03. The van der Waals surface area contributed by atoms with Gasteiger partial charge in [-0.2, -0.15) is 0 Å². The summed E-state index contributed by atoms with van der Waals surface area (Å²) in [6.07, 6.45) is 2.32. The van der Waals surface area contributed by atoms with Crippen molar-refractivity contribution in [3.05, 3.63) is 24.0 Å². The van der Waals surface area contributed by atoms with Crippen molar-refractivity contribution in [1.29, 1.82) is 0 Å². The number of hydrogen-bond donors (Lipinski definition) is 2. The molecular weight excluding hydrogens is 178 g/mol. The quantitative estimate of drug-likeness (QED) is 0.754. The highest BCUT2D eigenvalue weighted by Crippen LogP contribution is 2.10. The van der Waals surface area contributed by atoms with Gasteiger partial charge in [-0.1, -0.05) is 6.92 Å². The van der Waals surface area contributed by atoms with Gasteiger partial charge in [-0.05, 0) is 25.5 Å². The van der Waals surface area contributed by atoms with Crippen LogP contribution in [0, 0.1) is 6.92 Å². The fourth-order valence-electron chi connectivity index (χ4n) is 1.03. The van der Waals surface area contributed by atoms with Gasteiger partial charge >= 0.3 is 0 Å². The van der Waals surface area contributed by atoms with Crippen molar-refractivity contribution in [3.63, 3.8) is 0 Å². The summed E-state index contributed by atoms with van der Waals surface area (Å²) in [6.45, 7) is 3.72. The van der Waals surface area contributed by atoms with E-state index in [9.17, 15) is 4.79 Å². The van der Waals surface area contributed by atoms with Crippen LogP contribution in [0.15, 0.2) is 18.3 Å². The lowest BCUT2D eigenvalue weighted by molar-refractivity contribution is -0.117. The molecule has 0 unspecified atom stereocenters. The van der Waals surface area contributed by atoms with Crippen LogP contribution in [0.25, 0.3) is 0 Å². The van der Waals surface area contributed by atoms with Crippen molar-refractivity contribution in [2.75, 3.05) is 5.32 Å². The van der Waals surface area contributed by atoms with Gasteiger partial charge in [0.2, 0.25) is 5.91 Å². The first-order valence-electron chi connectivity index (χ1n) is 4.63. The minimum Gasteiger partial charge on any atom is -0.323 e. The number of aromatic nitrogens is 1. The van der Waals surface area contributed by atoms with Crippen LogP contribution in [0.5, 0.6) is 0 Å². The molecule has 0 aliphatic carbocycles. The normalized spacial score (nSPS) is 12.2. The average Bonchev–Trinajstić information content (AvgIpc) is 2.20. The topological polar surface area (TPSA) is 68.0 Å². The van der Waals surface area contributed by atoms with E-state index >= 15 is 0 Å². The van der Waals surface area contributed by atoms with Gasteiger partial charge in [-0.15, -0.1) is 0 Å². The molecule has 0 spiro atoms. The molecule has 0 saturated heterocycles. The van der Waals surface area contributed by atoms with Crippen LogP contribution >= 0.6 is 0 Å². The van der Waals surface area contributed by atoms with Crippen molar-refractivity contribution in [2.24, 2.45) is 5.73 Å².